The summed E-state index contributed by atoms with van der Waals surface area (Å²) in [5.41, 5.74) is -0.643. The highest BCUT2D eigenvalue weighted by Gasteiger charge is 2.28. The van der Waals surface area contributed by atoms with Crippen molar-refractivity contribution in [2.24, 2.45) is 0 Å². The average molecular weight is 429 g/mol. The van der Waals surface area contributed by atoms with E-state index in [1.54, 1.807) is 0 Å². The number of rotatable bonds is 4. The summed E-state index contributed by atoms with van der Waals surface area (Å²) in [5, 5.41) is 54.9. The third-order valence-corrected chi connectivity index (χ3v) is 4.74. The highest BCUT2D eigenvalue weighted by molar-refractivity contribution is 6.34. The van der Waals surface area contributed by atoms with Crippen molar-refractivity contribution >= 4 is 28.9 Å². The Bertz CT molecular complexity index is 1090. The van der Waals surface area contributed by atoms with E-state index in [0.717, 1.165) is 12.1 Å². The van der Waals surface area contributed by atoms with Crippen LogP contribution in [-0.4, -0.2) is 30.4 Å². The number of aromatic hydroxyl groups is 2. The molecule has 13 heteroatoms. The Kier molecular flexibility index (Phi) is 4.98. The fraction of sp³-hybridized carbons (Fsp3) is 0.133. The van der Waals surface area contributed by atoms with Gasteiger partial charge in [0.2, 0.25) is 17.3 Å². The van der Waals surface area contributed by atoms with Crippen LogP contribution in [-0.2, 0) is 6.61 Å². The molecule has 0 aliphatic carbocycles. The van der Waals surface area contributed by atoms with Crippen LogP contribution in [0.1, 0.15) is 11.3 Å². The molecule has 0 fully saturated rings. The second-order valence-corrected chi connectivity index (χ2v) is 6.28. The summed E-state index contributed by atoms with van der Waals surface area (Å²) >= 11 is 12.1. The molecule has 0 amide bonds. The van der Waals surface area contributed by atoms with Gasteiger partial charge in [-0.25, -0.2) is 0 Å². The minimum absolute atomic E-state index is 0.0337. The number of aromatic nitrogens is 3. The van der Waals surface area contributed by atoms with E-state index in [-0.39, 0.29) is 43.4 Å². The van der Waals surface area contributed by atoms with E-state index in [1.807, 2.05) is 0 Å². The van der Waals surface area contributed by atoms with Gasteiger partial charge in [0, 0.05) is 6.07 Å². The van der Waals surface area contributed by atoms with Crippen molar-refractivity contribution in [3.05, 3.63) is 48.9 Å². The molecular formula is C15H10Cl2N4O7. The van der Waals surface area contributed by atoms with Crippen molar-refractivity contribution in [3.8, 4) is 34.3 Å². The number of nitro benzene ring substituents is 1. The van der Waals surface area contributed by atoms with Crippen LogP contribution in [0.2, 0.25) is 10.2 Å². The number of benzene rings is 1. The van der Waals surface area contributed by atoms with E-state index in [4.69, 9.17) is 27.7 Å². The quantitative estimate of drug-likeness (QED) is 0.141. The molecule has 0 radical (unpaired) electrons. The fourth-order valence-electron chi connectivity index (χ4n) is 2.49. The number of aliphatic hydroxyl groups is 1. The molecule has 0 bridgehead atoms. The maximum atomic E-state index is 12.2. The van der Waals surface area contributed by atoms with Crippen molar-refractivity contribution in [2.75, 3.05) is 0 Å². The highest BCUT2D eigenvalue weighted by Crippen LogP contribution is 2.40. The molecule has 11 nitrogen and oxygen atoms in total. The van der Waals surface area contributed by atoms with Gasteiger partial charge in [0.05, 0.1) is 10.5 Å². The first-order chi connectivity index (χ1) is 13.2. The van der Waals surface area contributed by atoms with Crippen LogP contribution in [0.15, 0.2) is 16.7 Å². The Morgan fingerprint density at radius 2 is 2.00 bits per heavy atom. The van der Waals surface area contributed by atoms with Crippen molar-refractivity contribution in [1.82, 2.24) is 10.1 Å². The molecule has 2 aromatic heterocycles. The van der Waals surface area contributed by atoms with E-state index in [2.05, 4.69) is 10.1 Å². The van der Waals surface area contributed by atoms with Gasteiger partial charge < -0.3 is 25.0 Å². The lowest BCUT2D eigenvalue weighted by Crippen LogP contribution is -2.35. The highest BCUT2D eigenvalue weighted by atomic mass is 35.5. The molecule has 0 atom stereocenters. The Hall–Kier alpha value is -3.15. The molecule has 3 rings (SSSR count). The minimum atomic E-state index is -0.911. The van der Waals surface area contributed by atoms with E-state index in [0.29, 0.717) is 5.56 Å². The summed E-state index contributed by atoms with van der Waals surface area (Å²) in [6.07, 6.45) is 0. The number of halogens is 2. The normalized spacial score (nSPS) is 11.0. The summed E-state index contributed by atoms with van der Waals surface area (Å²) in [6, 6.07) is 1.92. The molecule has 0 aliphatic rings. The number of aliphatic hydroxyl groups excluding tert-OH is 1. The lowest BCUT2D eigenvalue weighted by molar-refractivity contribution is -0.613. The predicted molar refractivity (Wildman–Crippen MR) is 94.8 cm³/mol. The maximum Gasteiger partial charge on any atom is 0.315 e. The molecule has 146 valence electrons. The molecular weight excluding hydrogens is 419 g/mol. The topological polar surface area (TPSA) is 170 Å². The van der Waals surface area contributed by atoms with Crippen molar-refractivity contribution in [2.45, 2.75) is 13.5 Å². The second kappa shape index (κ2) is 7.11. The maximum absolute atomic E-state index is 12.2. The van der Waals surface area contributed by atoms with Crippen LogP contribution in [0.3, 0.4) is 0 Å². The van der Waals surface area contributed by atoms with Gasteiger partial charge in [-0.05, 0) is 30.2 Å². The SMILES string of the molecule is Cc1c(Cl)c(CO)[n+]([O-])c(Cl)c1-c1noc(-c2cc(O)c(O)c([N+](=O)[O-])c2)n1. The number of phenols is 2. The molecule has 3 N–H and O–H groups in total. The van der Waals surface area contributed by atoms with Crippen molar-refractivity contribution < 1.29 is 29.5 Å². The zero-order chi connectivity index (χ0) is 20.7. The standard InChI is InChI=1S/C15H10Cl2N4O7/c1-5-10(13(17)20(25)8(4-22)11(5)16)14-18-15(28-19-14)6-2-7(21(26)27)12(24)9(23)3-6/h2-3,22-24H,4H2,1H3. The Labute approximate surface area is 165 Å². The summed E-state index contributed by atoms with van der Waals surface area (Å²) in [4.78, 5) is 14.1. The Balaban J connectivity index is 2.16. The van der Waals surface area contributed by atoms with Gasteiger partial charge in [0.1, 0.15) is 17.2 Å². The largest absolute Gasteiger partial charge is 0.617 e. The molecule has 0 saturated heterocycles. The zero-order valence-corrected chi connectivity index (χ0v) is 15.4. The molecule has 0 aliphatic heterocycles. The lowest BCUT2D eigenvalue weighted by atomic mass is 10.1. The lowest BCUT2D eigenvalue weighted by Gasteiger charge is -2.11. The zero-order valence-electron chi connectivity index (χ0n) is 13.9. The van der Waals surface area contributed by atoms with Crippen molar-refractivity contribution in [3.63, 3.8) is 0 Å². The fourth-order valence-corrected chi connectivity index (χ4v) is 3.05. The van der Waals surface area contributed by atoms with Crippen LogP contribution in [0.4, 0.5) is 5.69 Å². The summed E-state index contributed by atoms with van der Waals surface area (Å²) in [5.74, 6) is -2.07. The molecule has 2 heterocycles. The Morgan fingerprint density at radius 3 is 2.61 bits per heavy atom. The molecule has 0 unspecified atom stereocenters. The number of nitro groups is 1. The van der Waals surface area contributed by atoms with E-state index in [9.17, 15) is 30.6 Å². The van der Waals surface area contributed by atoms with Gasteiger partial charge in [-0.3, -0.25) is 10.1 Å². The van der Waals surface area contributed by atoms with Crippen LogP contribution in [0, 0.1) is 22.2 Å². The predicted octanol–water partition coefficient (Wildman–Crippen LogP) is 2.46. The van der Waals surface area contributed by atoms with Crippen LogP contribution < -0.4 is 4.73 Å². The van der Waals surface area contributed by atoms with Gasteiger partial charge >= 0.3 is 5.69 Å². The number of hydrogen-bond acceptors (Lipinski definition) is 9. The molecule has 3 aromatic rings. The van der Waals surface area contributed by atoms with Gasteiger partial charge in [0.25, 0.3) is 11.0 Å². The van der Waals surface area contributed by atoms with Crippen LogP contribution in [0.5, 0.6) is 11.5 Å². The van der Waals surface area contributed by atoms with E-state index >= 15 is 0 Å². The van der Waals surface area contributed by atoms with E-state index in [1.165, 1.54) is 6.92 Å². The average Bonchev–Trinajstić information content (AvgIpc) is 3.12. The first-order valence-electron chi connectivity index (χ1n) is 7.43. The molecule has 0 saturated carbocycles. The first-order valence-corrected chi connectivity index (χ1v) is 8.18. The number of hydrogen-bond donors (Lipinski definition) is 3. The smallest absolute Gasteiger partial charge is 0.315 e. The van der Waals surface area contributed by atoms with Gasteiger partial charge in [-0.15, -0.1) is 0 Å². The first kappa shape index (κ1) is 19.6. The summed E-state index contributed by atoms with van der Waals surface area (Å²) in [6.45, 7) is 0.882. The number of phenolic OH excluding ortho intramolecular Hbond substituents is 2. The summed E-state index contributed by atoms with van der Waals surface area (Å²) in [7, 11) is 0. The molecule has 28 heavy (non-hydrogen) atoms. The third-order valence-electron chi connectivity index (χ3n) is 3.90. The van der Waals surface area contributed by atoms with Crippen LogP contribution in [0.25, 0.3) is 22.8 Å². The third kappa shape index (κ3) is 3.05. The Morgan fingerprint density at radius 1 is 1.32 bits per heavy atom. The molecule has 1 aromatic carbocycles. The van der Waals surface area contributed by atoms with Gasteiger partial charge in [-0.2, -0.15) is 9.71 Å². The van der Waals surface area contributed by atoms with Crippen molar-refractivity contribution in [1.29, 1.82) is 0 Å². The summed E-state index contributed by atoms with van der Waals surface area (Å²) < 4.78 is 5.26. The monoisotopic (exact) mass is 428 g/mol. The number of pyridine rings is 1. The minimum Gasteiger partial charge on any atom is -0.617 e. The van der Waals surface area contributed by atoms with E-state index < -0.39 is 28.7 Å². The molecule has 0 spiro atoms. The number of nitrogens with zero attached hydrogens (tertiary/aromatic N) is 4. The van der Waals surface area contributed by atoms with Crippen LogP contribution >= 0.6 is 23.2 Å². The van der Waals surface area contributed by atoms with Gasteiger partial charge in [0.15, 0.2) is 5.75 Å². The van der Waals surface area contributed by atoms with Gasteiger partial charge in [-0.1, -0.05) is 16.8 Å². The second-order valence-electron chi connectivity index (χ2n) is 5.55.